The monoisotopic (exact) mass is 166 g/mol. The van der Waals surface area contributed by atoms with Crippen molar-refractivity contribution in [3.05, 3.63) is 0 Å². The highest BCUT2D eigenvalue weighted by atomic mass is 32.2. The van der Waals surface area contributed by atoms with Gasteiger partial charge >= 0.3 is 0 Å². The lowest BCUT2D eigenvalue weighted by atomic mass is 10.7. The first-order valence-electron chi connectivity index (χ1n) is 2.37. The second kappa shape index (κ2) is 4.20. The summed E-state index contributed by atoms with van der Waals surface area (Å²) in [5.74, 6) is -0.210. The summed E-state index contributed by atoms with van der Waals surface area (Å²) in [5, 5.41) is 0. The lowest BCUT2D eigenvalue weighted by molar-refractivity contribution is 0.228. The molecule has 0 rings (SSSR count). The molecule has 0 heterocycles. The number of nitrogens with zero attached hydrogens (tertiary/aromatic N) is 1. The van der Waals surface area contributed by atoms with Crippen molar-refractivity contribution in [2.24, 2.45) is 16.5 Å². The molecule has 60 valence electrons. The molecule has 0 aliphatic carbocycles. The minimum Gasteiger partial charge on any atom is -0.750 e. The van der Waals surface area contributed by atoms with Gasteiger partial charge in [0.05, 0.1) is 11.4 Å². The Hall–Kier alpha value is -0.660. The highest BCUT2D eigenvalue weighted by Crippen LogP contribution is 1.92. The fraction of sp³-hybridized carbons (Fsp3) is 0.667. The van der Waals surface area contributed by atoms with E-state index in [1.165, 1.54) is 6.92 Å². The molecule has 0 aromatic rings. The number of guanidine groups is 1. The van der Waals surface area contributed by atoms with Crippen LogP contribution in [0.15, 0.2) is 4.99 Å². The van der Waals surface area contributed by atoms with E-state index in [0.29, 0.717) is 0 Å². The van der Waals surface area contributed by atoms with E-state index in [1.807, 2.05) is 0 Å². The number of rotatable bonds is 3. The van der Waals surface area contributed by atoms with Gasteiger partial charge < -0.3 is 16.0 Å². The van der Waals surface area contributed by atoms with Crippen LogP contribution in [0.5, 0.6) is 0 Å². The highest BCUT2D eigenvalue weighted by molar-refractivity contribution is 7.74. The summed E-state index contributed by atoms with van der Waals surface area (Å²) >= 11 is -2.58. The minimum absolute atomic E-state index is 0.210. The zero-order valence-corrected chi connectivity index (χ0v) is 6.13. The van der Waals surface area contributed by atoms with Crippen LogP contribution in [-0.2, 0) is 15.5 Å². The number of hydrogen-bond acceptors (Lipinski definition) is 4. The smallest absolute Gasteiger partial charge is 0.188 e. The number of aliphatic imine (C=N–C) groups is 1. The maximum absolute atomic E-state index is 9.82. The first-order chi connectivity index (χ1) is 4.52. The molecule has 2 atom stereocenters. The maximum atomic E-state index is 9.82. The molecule has 0 spiro atoms. The van der Waals surface area contributed by atoms with Crippen molar-refractivity contribution in [1.29, 1.82) is 0 Å². The first kappa shape index (κ1) is 9.34. The molecular formula is C3H8N3O3S-. The van der Waals surface area contributed by atoms with Crippen molar-refractivity contribution in [3.63, 3.8) is 0 Å². The molecule has 10 heavy (non-hydrogen) atoms. The molecular weight excluding hydrogens is 158 g/mol. The fourth-order valence-corrected chi connectivity index (χ4v) is 0.616. The average Bonchev–Trinajstić information content (AvgIpc) is 1.58. The van der Waals surface area contributed by atoms with Crippen LogP contribution in [0, 0.1) is 0 Å². The van der Waals surface area contributed by atoms with Gasteiger partial charge in [0.15, 0.2) is 12.2 Å². The summed E-state index contributed by atoms with van der Waals surface area (Å²) in [6, 6.07) is 0. The van der Waals surface area contributed by atoms with Crippen LogP contribution in [0.25, 0.3) is 0 Å². The molecule has 0 aromatic carbocycles. The molecule has 0 radical (unpaired) electrons. The highest BCUT2D eigenvalue weighted by Gasteiger charge is 1.97. The van der Waals surface area contributed by atoms with E-state index in [1.54, 1.807) is 0 Å². The largest absolute Gasteiger partial charge is 0.750 e. The Balaban J connectivity index is 3.75. The zero-order valence-electron chi connectivity index (χ0n) is 5.31. The van der Waals surface area contributed by atoms with E-state index >= 15 is 0 Å². The molecule has 2 unspecified atom stereocenters. The molecule has 6 nitrogen and oxygen atoms in total. The summed E-state index contributed by atoms with van der Waals surface area (Å²) in [4.78, 5) is 3.37. The van der Waals surface area contributed by atoms with E-state index in [-0.39, 0.29) is 5.96 Å². The van der Waals surface area contributed by atoms with Crippen molar-refractivity contribution in [2.75, 3.05) is 0 Å². The molecule has 0 aliphatic rings. The first-order valence-corrected chi connectivity index (χ1v) is 3.37. The second-order valence-electron chi connectivity index (χ2n) is 1.45. The zero-order chi connectivity index (χ0) is 8.15. The Morgan fingerprint density at radius 1 is 1.80 bits per heavy atom. The van der Waals surface area contributed by atoms with Gasteiger partial charge in [0, 0.05) is 0 Å². The molecule has 0 saturated heterocycles. The van der Waals surface area contributed by atoms with Crippen LogP contribution in [0.2, 0.25) is 0 Å². The number of hydrogen-bond donors (Lipinski definition) is 2. The minimum atomic E-state index is -2.58. The summed E-state index contributed by atoms with van der Waals surface area (Å²) in [6.07, 6.45) is -0.858. The quantitative estimate of drug-likeness (QED) is 0.298. The van der Waals surface area contributed by atoms with Crippen LogP contribution >= 0.6 is 0 Å². The summed E-state index contributed by atoms with van der Waals surface area (Å²) in [6.45, 7) is 1.40. The van der Waals surface area contributed by atoms with Crippen LogP contribution in [0.4, 0.5) is 0 Å². The van der Waals surface area contributed by atoms with Crippen LogP contribution in [-0.4, -0.2) is 20.9 Å². The van der Waals surface area contributed by atoms with Crippen molar-refractivity contribution in [1.82, 2.24) is 0 Å². The molecule has 0 aromatic heterocycles. The van der Waals surface area contributed by atoms with Crippen molar-refractivity contribution < 1.29 is 12.9 Å². The molecule has 7 heteroatoms. The second-order valence-corrected chi connectivity index (χ2v) is 2.05. The van der Waals surface area contributed by atoms with Gasteiger partial charge in [-0.25, -0.2) is 9.20 Å². The van der Waals surface area contributed by atoms with E-state index < -0.39 is 17.6 Å². The van der Waals surface area contributed by atoms with Crippen molar-refractivity contribution >= 4 is 17.3 Å². The predicted octanol–water partition coefficient (Wildman–Crippen LogP) is -1.58. The maximum Gasteiger partial charge on any atom is 0.188 e. The van der Waals surface area contributed by atoms with Crippen molar-refractivity contribution in [3.8, 4) is 0 Å². The van der Waals surface area contributed by atoms with E-state index in [2.05, 4.69) is 9.18 Å². The molecule has 0 amide bonds. The third-order valence-electron chi connectivity index (χ3n) is 0.549. The number of nitrogens with two attached hydrogens (primary N) is 2. The lowest BCUT2D eigenvalue weighted by Crippen LogP contribution is -2.25. The van der Waals surface area contributed by atoms with Crippen LogP contribution < -0.4 is 11.5 Å². The van der Waals surface area contributed by atoms with E-state index in [9.17, 15) is 8.76 Å². The predicted molar refractivity (Wildman–Crippen MR) is 35.3 cm³/mol. The Bertz CT molecular complexity index is 155. The Morgan fingerprint density at radius 3 is 2.60 bits per heavy atom. The van der Waals surface area contributed by atoms with Gasteiger partial charge in [-0.2, -0.15) is 0 Å². The van der Waals surface area contributed by atoms with E-state index in [4.69, 9.17) is 11.5 Å². The molecule has 0 bridgehead atoms. The van der Waals surface area contributed by atoms with Crippen LogP contribution in [0.1, 0.15) is 6.92 Å². The van der Waals surface area contributed by atoms with Gasteiger partial charge in [0.25, 0.3) is 0 Å². The summed E-state index contributed by atoms with van der Waals surface area (Å²) < 4.78 is 23.8. The van der Waals surface area contributed by atoms with Crippen molar-refractivity contribution in [2.45, 2.75) is 13.2 Å². The average molecular weight is 166 g/mol. The normalized spacial score (nSPS) is 15.8. The molecule has 0 aliphatic heterocycles. The van der Waals surface area contributed by atoms with Gasteiger partial charge in [0.2, 0.25) is 0 Å². The fourth-order valence-electron chi connectivity index (χ4n) is 0.345. The standard InChI is InChI=1S/C3H9N3O3S/c1-2(6-3(4)5)9-10(7)8/h2H,1H3,(H,7,8)(H4,4,5,6)/p-1. The van der Waals surface area contributed by atoms with Gasteiger partial charge in [-0.05, 0) is 6.92 Å². The summed E-state index contributed by atoms with van der Waals surface area (Å²) in [7, 11) is 0. The Kier molecular flexibility index (Phi) is 3.93. The van der Waals surface area contributed by atoms with E-state index in [0.717, 1.165) is 0 Å². The third kappa shape index (κ3) is 5.48. The Morgan fingerprint density at radius 2 is 2.30 bits per heavy atom. The molecule has 4 N–H and O–H groups in total. The lowest BCUT2D eigenvalue weighted by Gasteiger charge is -2.08. The third-order valence-corrected chi connectivity index (χ3v) is 0.984. The summed E-state index contributed by atoms with van der Waals surface area (Å²) in [5.41, 5.74) is 9.83. The van der Waals surface area contributed by atoms with Gasteiger partial charge in [-0.15, -0.1) is 0 Å². The van der Waals surface area contributed by atoms with Gasteiger partial charge in [0.1, 0.15) is 0 Å². The Labute approximate surface area is 60.7 Å². The van der Waals surface area contributed by atoms with Gasteiger partial charge in [-0.1, -0.05) is 0 Å². The molecule has 0 saturated carbocycles. The van der Waals surface area contributed by atoms with Crippen LogP contribution in [0.3, 0.4) is 0 Å². The van der Waals surface area contributed by atoms with Gasteiger partial charge in [-0.3, -0.25) is 4.18 Å². The topological polar surface area (TPSA) is 114 Å². The SMILES string of the molecule is CC(N=C(N)N)OS(=O)[O-]. The molecule has 0 fully saturated rings.